The molecule has 2 rings (SSSR count). The first-order chi connectivity index (χ1) is 7.87. The molecule has 94 valence electrons. The topological polar surface area (TPSA) is 38.5 Å². The molecule has 1 atom stereocenters. The third kappa shape index (κ3) is 2.72. The van der Waals surface area contributed by atoms with E-state index in [1.165, 1.54) is 11.3 Å². The maximum Gasteiger partial charge on any atom is 0.143 e. The number of fused-ring (bicyclic) bond motifs is 1. The van der Waals surface area contributed by atoms with Crippen LogP contribution in [0.3, 0.4) is 0 Å². The minimum atomic E-state index is -0.121. The fourth-order valence-electron chi connectivity index (χ4n) is 2.43. The number of nitrogens with two attached hydrogens (primary N) is 1. The van der Waals surface area contributed by atoms with E-state index in [0.717, 1.165) is 18.7 Å². The summed E-state index contributed by atoms with van der Waals surface area (Å²) < 4.78 is 5.98. The van der Waals surface area contributed by atoms with Crippen molar-refractivity contribution in [1.29, 1.82) is 0 Å². The molecule has 1 aliphatic heterocycles. The van der Waals surface area contributed by atoms with Crippen LogP contribution in [-0.2, 0) is 6.42 Å². The van der Waals surface area contributed by atoms with E-state index in [-0.39, 0.29) is 11.6 Å². The van der Waals surface area contributed by atoms with E-state index in [4.69, 9.17) is 10.5 Å². The molecule has 1 heterocycles. The van der Waals surface area contributed by atoms with Gasteiger partial charge in [0.25, 0.3) is 0 Å². The van der Waals surface area contributed by atoms with E-state index in [0.29, 0.717) is 0 Å². The van der Waals surface area contributed by atoms with Gasteiger partial charge in [0.1, 0.15) is 11.4 Å². The highest BCUT2D eigenvalue weighted by Gasteiger charge is 2.29. The van der Waals surface area contributed by atoms with Gasteiger partial charge in [-0.15, -0.1) is 0 Å². The Hall–Kier alpha value is -1.22. The molecule has 0 amide bonds. The van der Waals surface area contributed by atoms with E-state index in [2.05, 4.69) is 44.0 Å². The number of benzene rings is 1. The summed E-state index contributed by atoms with van der Waals surface area (Å²) in [6.07, 6.45) is 0.907. The average Bonchev–Trinajstić information content (AvgIpc) is 2.16. The van der Waals surface area contributed by atoms with Gasteiger partial charge in [-0.3, -0.25) is 0 Å². The Morgan fingerprint density at radius 3 is 2.82 bits per heavy atom. The van der Waals surface area contributed by atoms with Gasteiger partial charge in [0.15, 0.2) is 0 Å². The fraction of sp³-hybridized carbons (Fsp3) is 0.571. The van der Waals surface area contributed by atoms with Crippen LogP contribution >= 0.6 is 0 Å². The van der Waals surface area contributed by atoms with Gasteiger partial charge in [-0.05, 0) is 44.9 Å². The Labute approximate surface area is 104 Å². The monoisotopic (exact) mass is 234 g/mol. The smallest absolute Gasteiger partial charge is 0.143 e. The molecule has 1 aromatic carbocycles. The molecule has 0 aliphatic carbocycles. The molecule has 3 nitrogen and oxygen atoms in total. The van der Waals surface area contributed by atoms with Crippen molar-refractivity contribution < 1.29 is 4.74 Å². The van der Waals surface area contributed by atoms with Gasteiger partial charge in [0.2, 0.25) is 0 Å². The van der Waals surface area contributed by atoms with Gasteiger partial charge in [-0.1, -0.05) is 6.07 Å². The van der Waals surface area contributed by atoms with Crippen LogP contribution in [0.4, 0.5) is 5.69 Å². The van der Waals surface area contributed by atoms with Gasteiger partial charge in [0, 0.05) is 13.1 Å². The fourth-order valence-corrected chi connectivity index (χ4v) is 2.43. The zero-order valence-corrected chi connectivity index (χ0v) is 11.2. The number of hydrogen-bond donors (Lipinski definition) is 1. The van der Waals surface area contributed by atoms with Crippen LogP contribution in [0.15, 0.2) is 18.2 Å². The summed E-state index contributed by atoms with van der Waals surface area (Å²) in [4.78, 5) is 2.25. The van der Waals surface area contributed by atoms with Gasteiger partial charge < -0.3 is 15.4 Å². The first-order valence-corrected chi connectivity index (χ1v) is 6.16. The molecule has 2 N–H and O–H groups in total. The first-order valence-electron chi connectivity index (χ1n) is 6.16. The lowest BCUT2D eigenvalue weighted by molar-refractivity contribution is 0.107. The predicted molar refractivity (Wildman–Crippen MR) is 71.8 cm³/mol. The zero-order chi connectivity index (χ0) is 12.6. The Morgan fingerprint density at radius 1 is 1.47 bits per heavy atom. The van der Waals surface area contributed by atoms with Gasteiger partial charge in [0.05, 0.1) is 12.2 Å². The van der Waals surface area contributed by atoms with Crippen molar-refractivity contribution in [3.63, 3.8) is 0 Å². The molecule has 17 heavy (non-hydrogen) atoms. The molecule has 0 fully saturated rings. The van der Waals surface area contributed by atoms with Crippen molar-refractivity contribution in [3.05, 3.63) is 23.8 Å². The lowest BCUT2D eigenvalue weighted by Crippen LogP contribution is -2.45. The molecule has 1 aliphatic rings. The maximum absolute atomic E-state index is 5.98. The Balaban J connectivity index is 2.30. The van der Waals surface area contributed by atoms with Gasteiger partial charge >= 0.3 is 0 Å². The van der Waals surface area contributed by atoms with Gasteiger partial charge in [-0.25, -0.2) is 0 Å². The lowest BCUT2D eigenvalue weighted by atomic mass is 10.0. The Morgan fingerprint density at radius 2 is 2.18 bits per heavy atom. The summed E-state index contributed by atoms with van der Waals surface area (Å²) in [5.41, 5.74) is 8.15. The highest BCUT2D eigenvalue weighted by atomic mass is 16.5. The average molecular weight is 234 g/mol. The molecule has 0 saturated heterocycles. The first kappa shape index (κ1) is 12.2. The van der Waals surface area contributed by atoms with Crippen molar-refractivity contribution in [3.8, 4) is 5.75 Å². The van der Waals surface area contributed by atoms with Crippen molar-refractivity contribution in [1.82, 2.24) is 0 Å². The molecular weight excluding hydrogens is 212 g/mol. The number of nitrogens with zero attached hydrogens (tertiary/aromatic N) is 1. The Bertz CT molecular complexity index is 413. The molecular formula is C14H22N2O. The highest BCUT2D eigenvalue weighted by molar-refractivity contribution is 5.61. The number of anilines is 1. The quantitative estimate of drug-likeness (QED) is 0.852. The third-order valence-corrected chi connectivity index (χ3v) is 3.00. The van der Waals surface area contributed by atoms with Crippen LogP contribution in [0.5, 0.6) is 5.75 Å². The molecule has 0 bridgehead atoms. The molecule has 0 spiro atoms. The second-order valence-corrected chi connectivity index (χ2v) is 5.70. The summed E-state index contributed by atoms with van der Waals surface area (Å²) in [6.45, 7) is 7.16. The van der Waals surface area contributed by atoms with Crippen LogP contribution in [-0.4, -0.2) is 25.2 Å². The van der Waals surface area contributed by atoms with E-state index < -0.39 is 0 Å². The van der Waals surface area contributed by atoms with E-state index in [1.54, 1.807) is 0 Å². The summed E-state index contributed by atoms with van der Waals surface area (Å²) >= 11 is 0. The highest BCUT2D eigenvalue weighted by Crippen LogP contribution is 2.36. The molecule has 0 radical (unpaired) electrons. The molecule has 1 aromatic rings. The SMILES string of the molecule is CC(N)Cc1ccc2c(c1)N(C)CC(C)(C)O2. The molecule has 1 unspecified atom stereocenters. The minimum Gasteiger partial charge on any atom is -0.484 e. The summed E-state index contributed by atoms with van der Waals surface area (Å²) in [5.74, 6) is 0.970. The van der Waals surface area contributed by atoms with Crippen molar-refractivity contribution in [2.45, 2.75) is 38.8 Å². The van der Waals surface area contributed by atoms with Gasteiger partial charge in [-0.2, -0.15) is 0 Å². The van der Waals surface area contributed by atoms with E-state index in [1.807, 2.05) is 6.92 Å². The Kier molecular flexibility index (Phi) is 3.04. The summed E-state index contributed by atoms with van der Waals surface area (Å²) in [5, 5.41) is 0. The van der Waals surface area contributed by atoms with Crippen molar-refractivity contribution in [2.24, 2.45) is 5.73 Å². The largest absolute Gasteiger partial charge is 0.484 e. The normalized spacial score (nSPS) is 19.5. The molecule has 0 saturated carbocycles. The van der Waals surface area contributed by atoms with Crippen LogP contribution in [0, 0.1) is 0 Å². The number of likely N-dealkylation sites (N-methyl/N-ethyl adjacent to an activating group) is 1. The van der Waals surface area contributed by atoms with Crippen LogP contribution in [0.1, 0.15) is 26.3 Å². The summed E-state index contributed by atoms with van der Waals surface area (Å²) in [7, 11) is 2.11. The predicted octanol–water partition coefficient (Wildman–Crippen LogP) is 2.18. The maximum atomic E-state index is 5.98. The van der Waals surface area contributed by atoms with Crippen molar-refractivity contribution in [2.75, 3.05) is 18.5 Å². The van der Waals surface area contributed by atoms with Crippen molar-refractivity contribution >= 4 is 5.69 Å². The second kappa shape index (κ2) is 4.22. The summed E-state index contributed by atoms with van der Waals surface area (Å²) in [6, 6.07) is 6.55. The second-order valence-electron chi connectivity index (χ2n) is 5.70. The third-order valence-electron chi connectivity index (χ3n) is 3.00. The number of rotatable bonds is 2. The van der Waals surface area contributed by atoms with E-state index in [9.17, 15) is 0 Å². The zero-order valence-electron chi connectivity index (χ0n) is 11.2. The van der Waals surface area contributed by atoms with Crippen LogP contribution in [0.25, 0.3) is 0 Å². The van der Waals surface area contributed by atoms with Crippen LogP contribution < -0.4 is 15.4 Å². The number of ether oxygens (including phenoxy) is 1. The molecule has 0 aromatic heterocycles. The van der Waals surface area contributed by atoms with Crippen LogP contribution in [0.2, 0.25) is 0 Å². The molecule has 3 heteroatoms. The number of hydrogen-bond acceptors (Lipinski definition) is 3. The minimum absolute atomic E-state index is 0.121. The van der Waals surface area contributed by atoms with E-state index >= 15 is 0 Å². The lowest BCUT2D eigenvalue weighted by Gasteiger charge is -2.39. The standard InChI is InChI=1S/C14H22N2O/c1-10(15)7-11-5-6-13-12(8-11)16(4)9-14(2,3)17-13/h5-6,8,10H,7,9,15H2,1-4H3.